The molecule has 0 aliphatic rings. The lowest BCUT2D eigenvalue weighted by Crippen LogP contribution is -3.00. The highest BCUT2D eigenvalue weighted by atomic mass is 35.5. The lowest BCUT2D eigenvalue weighted by Gasteiger charge is -2.00. The van der Waals surface area contributed by atoms with Crippen molar-refractivity contribution in [2.24, 2.45) is 0 Å². The van der Waals surface area contributed by atoms with Gasteiger partial charge in [-0.15, -0.1) is 0 Å². The van der Waals surface area contributed by atoms with Crippen LogP contribution in [0.2, 0.25) is 0 Å². The van der Waals surface area contributed by atoms with Crippen LogP contribution in [0.15, 0.2) is 0 Å². The molecule has 0 saturated heterocycles. The van der Waals surface area contributed by atoms with Crippen LogP contribution in [-0.2, 0) is 0 Å². The Morgan fingerprint density at radius 2 is 1.00 bits per heavy atom. The van der Waals surface area contributed by atoms with Gasteiger partial charge < -0.3 is 23.6 Å². The molecule has 2 nitrogen and oxygen atoms in total. The highest BCUT2D eigenvalue weighted by Crippen LogP contribution is 2.09. The summed E-state index contributed by atoms with van der Waals surface area (Å²) in [5.41, 5.74) is 3.85. The minimum Gasteiger partial charge on any atom is -1.00 e. The molecule has 0 saturated carbocycles. The summed E-state index contributed by atoms with van der Waals surface area (Å²) in [4.78, 5) is 0. The molecule has 0 atom stereocenters. The molecule has 0 aliphatic carbocycles. The van der Waals surface area contributed by atoms with E-state index in [0.29, 0.717) is 0 Å². The van der Waals surface area contributed by atoms with Gasteiger partial charge in [-0.3, -0.25) is 0 Å². The Balaban J connectivity index is -0.000000720. The van der Waals surface area contributed by atoms with E-state index in [1.807, 2.05) is 0 Å². The zero-order valence-corrected chi connectivity index (χ0v) is 11.1. The summed E-state index contributed by atoms with van der Waals surface area (Å²) in [7, 11) is 0. The minimum absolute atomic E-state index is 0. The maximum atomic E-state index is 3.85. The largest absolute Gasteiger partial charge is 1.00 e. The van der Waals surface area contributed by atoms with Gasteiger partial charge in [0.25, 0.3) is 0 Å². The first-order valence-corrected chi connectivity index (χ1v) is 6.21. The Labute approximate surface area is 102 Å². The van der Waals surface area contributed by atoms with Crippen LogP contribution in [0.3, 0.4) is 0 Å². The molecule has 3 heteroatoms. The molecule has 0 bridgehead atoms. The molecule has 15 heavy (non-hydrogen) atoms. The van der Waals surface area contributed by atoms with Crippen LogP contribution in [0.25, 0.3) is 0 Å². The van der Waals surface area contributed by atoms with Gasteiger partial charge in [-0.1, -0.05) is 58.3 Å². The summed E-state index contributed by atoms with van der Waals surface area (Å²) in [5.74, 6) is 0. The van der Waals surface area contributed by atoms with Crippen molar-refractivity contribution in [1.29, 1.82) is 0 Å². The second-order valence-electron chi connectivity index (χ2n) is 4.04. The van der Waals surface area contributed by atoms with Crippen molar-refractivity contribution >= 4 is 0 Å². The van der Waals surface area contributed by atoms with Crippen molar-refractivity contribution in [3.8, 4) is 0 Å². The SMILES string of the molecule is CCCCCCCCCCCC[NH3+].O.[Cl-]. The Bertz CT molecular complexity index is 81.7. The van der Waals surface area contributed by atoms with Crippen molar-refractivity contribution in [2.45, 2.75) is 71.1 Å². The van der Waals surface area contributed by atoms with Crippen molar-refractivity contribution in [3.63, 3.8) is 0 Å². The first-order valence-electron chi connectivity index (χ1n) is 6.21. The Kier molecular flexibility index (Phi) is 27.1. The fourth-order valence-electron chi connectivity index (χ4n) is 1.66. The predicted octanol–water partition coefficient (Wildman–Crippen LogP) is -0.671. The van der Waals surface area contributed by atoms with E-state index in [4.69, 9.17) is 0 Å². The average Bonchev–Trinajstić information content (AvgIpc) is 2.16. The molecule has 0 rings (SSSR count). The first kappa shape index (κ1) is 20.6. The van der Waals surface area contributed by atoms with Crippen LogP contribution in [0.5, 0.6) is 0 Å². The topological polar surface area (TPSA) is 59.1 Å². The summed E-state index contributed by atoms with van der Waals surface area (Å²) in [5, 5.41) is 0. The zero-order chi connectivity index (χ0) is 9.78. The molecule has 0 aromatic rings. The number of hydrogen-bond donors (Lipinski definition) is 1. The van der Waals surface area contributed by atoms with Crippen LogP contribution >= 0.6 is 0 Å². The summed E-state index contributed by atoms with van der Waals surface area (Å²) in [6.07, 6.45) is 14.2. The van der Waals surface area contributed by atoms with Gasteiger partial charge in [0, 0.05) is 0 Å². The highest BCUT2D eigenvalue weighted by molar-refractivity contribution is 4.46. The van der Waals surface area contributed by atoms with E-state index in [1.54, 1.807) is 0 Å². The maximum absolute atomic E-state index is 3.85. The van der Waals surface area contributed by atoms with Crippen LogP contribution in [0, 0.1) is 0 Å². The van der Waals surface area contributed by atoms with Crippen LogP contribution in [0.4, 0.5) is 0 Å². The standard InChI is InChI=1S/C12H27N.ClH.H2O/c1-2-3-4-5-6-7-8-9-10-11-12-13;;/h2-13H2,1H3;1H;1H2. The van der Waals surface area contributed by atoms with Gasteiger partial charge in [0.15, 0.2) is 0 Å². The van der Waals surface area contributed by atoms with E-state index in [1.165, 1.54) is 64.2 Å². The average molecular weight is 240 g/mol. The molecule has 0 spiro atoms. The summed E-state index contributed by atoms with van der Waals surface area (Å²) in [6.45, 7) is 3.40. The van der Waals surface area contributed by atoms with Crippen molar-refractivity contribution in [3.05, 3.63) is 0 Å². The molecule has 0 amide bonds. The highest BCUT2D eigenvalue weighted by Gasteiger charge is 1.91. The van der Waals surface area contributed by atoms with Gasteiger partial charge in [-0.25, -0.2) is 0 Å². The monoisotopic (exact) mass is 239 g/mol. The molecule has 0 aliphatic heterocycles. The molecule has 0 unspecified atom stereocenters. The third kappa shape index (κ3) is 20.3. The molecule has 0 heterocycles. The molecule has 0 fully saturated rings. The van der Waals surface area contributed by atoms with Gasteiger partial charge in [-0.2, -0.15) is 0 Å². The summed E-state index contributed by atoms with van der Waals surface area (Å²) >= 11 is 0. The van der Waals surface area contributed by atoms with Crippen molar-refractivity contribution < 1.29 is 23.6 Å². The Morgan fingerprint density at radius 3 is 1.33 bits per heavy atom. The third-order valence-corrected chi connectivity index (χ3v) is 2.60. The molecular formula is C12H30ClNO. The number of hydrogen-bond acceptors (Lipinski definition) is 0. The number of unbranched alkanes of at least 4 members (excludes halogenated alkanes) is 9. The zero-order valence-electron chi connectivity index (χ0n) is 10.4. The number of halogens is 1. The fraction of sp³-hybridized carbons (Fsp3) is 1.00. The Hall–Kier alpha value is 0.210. The number of rotatable bonds is 10. The molecular weight excluding hydrogens is 210 g/mol. The normalized spacial score (nSPS) is 9.20. The van der Waals surface area contributed by atoms with Crippen LogP contribution < -0.4 is 18.1 Å². The van der Waals surface area contributed by atoms with Crippen LogP contribution in [0.1, 0.15) is 71.1 Å². The van der Waals surface area contributed by atoms with Gasteiger partial charge in [0.1, 0.15) is 0 Å². The number of quaternary nitrogens is 1. The molecule has 5 N–H and O–H groups in total. The lowest BCUT2D eigenvalue weighted by atomic mass is 10.1. The molecule has 0 radical (unpaired) electrons. The molecule has 0 aromatic heterocycles. The van der Waals surface area contributed by atoms with E-state index in [-0.39, 0.29) is 17.9 Å². The third-order valence-electron chi connectivity index (χ3n) is 2.60. The van der Waals surface area contributed by atoms with Gasteiger partial charge >= 0.3 is 0 Å². The maximum Gasteiger partial charge on any atom is 0.0739 e. The van der Waals surface area contributed by atoms with E-state index in [0.717, 1.165) is 6.54 Å². The van der Waals surface area contributed by atoms with Gasteiger partial charge in [-0.05, 0) is 12.8 Å². The Morgan fingerprint density at radius 1 is 0.667 bits per heavy atom. The van der Waals surface area contributed by atoms with E-state index in [2.05, 4.69) is 12.7 Å². The van der Waals surface area contributed by atoms with Crippen molar-refractivity contribution in [2.75, 3.05) is 6.54 Å². The minimum atomic E-state index is 0. The summed E-state index contributed by atoms with van der Waals surface area (Å²) in [6, 6.07) is 0. The van der Waals surface area contributed by atoms with Gasteiger partial charge in [0.05, 0.1) is 6.54 Å². The second-order valence-corrected chi connectivity index (χ2v) is 4.04. The van der Waals surface area contributed by atoms with Gasteiger partial charge in [0.2, 0.25) is 0 Å². The van der Waals surface area contributed by atoms with E-state index >= 15 is 0 Å². The first-order chi connectivity index (χ1) is 6.41. The van der Waals surface area contributed by atoms with E-state index in [9.17, 15) is 0 Å². The molecule has 96 valence electrons. The fourth-order valence-corrected chi connectivity index (χ4v) is 1.66. The smallest absolute Gasteiger partial charge is 0.0739 e. The second kappa shape index (κ2) is 19.7. The quantitative estimate of drug-likeness (QED) is 0.492. The van der Waals surface area contributed by atoms with Crippen molar-refractivity contribution in [1.82, 2.24) is 0 Å². The predicted molar refractivity (Wildman–Crippen MR) is 63.2 cm³/mol. The van der Waals surface area contributed by atoms with E-state index < -0.39 is 0 Å². The lowest BCUT2D eigenvalue weighted by molar-refractivity contribution is -0.368. The van der Waals surface area contributed by atoms with Crippen LogP contribution in [-0.4, -0.2) is 12.0 Å². The molecule has 0 aromatic carbocycles. The summed E-state index contributed by atoms with van der Waals surface area (Å²) < 4.78 is 0.